The first-order chi connectivity index (χ1) is 12.7. The smallest absolute Gasteiger partial charge is 0.262 e. The number of methoxy groups -OCH3 is 2. The van der Waals surface area contributed by atoms with Crippen molar-refractivity contribution in [1.29, 1.82) is 0 Å². The Morgan fingerprint density at radius 3 is 2.62 bits per heavy atom. The van der Waals surface area contributed by atoms with Gasteiger partial charge in [0.2, 0.25) is 0 Å². The largest absolute Gasteiger partial charge is 0.497 e. The first-order valence-electron chi connectivity index (χ1n) is 7.93. The van der Waals surface area contributed by atoms with Crippen molar-refractivity contribution in [2.24, 2.45) is 0 Å². The third kappa shape index (κ3) is 2.73. The van der Waals surface area contributed by atoms with Gasteiger partial charge in [0.15, 0.2) is 23.9 Å². The monoisotopic (exact) mass is 352 g/mol. The zero-order chi connectivity index (χ0) is 18.1. The predicted molar refractivity (Wildman–Crippen MR) is 94.6 cm³/mol. The molecule has 1 aliphatic heterocycles. The quantitative estimate of drug-likeness (QED) is 0.775. The maximum Gasteiger partial charge on any atom is 0.262 e. The predicted octanol–water partition coefficient (Wildman–Crippen LogP) is 3.36. The first-order valence-corrected chi connectivity index (χ1v) is 7.93. The standard InChI is InChI=1S/C19H16N2O5/c1-23-13-5-3-11(4-6-13)18-14(9-20-26-18)12-7-15-19(16(8-12)24-2)25-10-17(22)21-15/h3-9H,10H2,1-2H3,(H,21,22). The lowest BCUT2D eigenvalue weighted by molar-refractivity contribution is -0.118. The molecule has 1 aliphatic rings. The van der Waals surface area contributed by atoms with E-state index in [-0.39, 0.29) is 12.5 Å². The summed E-state index contributed by atoms with van der Waals surface area (Å²) >= 11 is 0. The lowest BCUT2D eigenvalue weighted by Crippen LogP contribution is -2.25. The number of rotatable bonds is 4. The van der Waals surface area contributed by atoms with Crippen molar-refractivity contribution >= 4 is 11.6 Å². The molecule has 1 amide bonds. The molecular weight excluding hydrogens is 336 g/mol. The Balaban J connectivity index is 1.80. The molecule has 2 heterocycles. The lowest BCUT2D eigenvalue weighted by Gasteiger charge is -2.21. The maximum absolute atomic E-state index is 11.7. The van der Waals surface area contributed by atoms with Crippen LogP contribution in [0.2, 0.25) is 0 Å². The SMILES string of the molecule is COc1ccc(-c2oncc2-c2cc3c(c(OC)c2)OCC(=O)N3)cc1. The average molecular weight is 352 g/mol. The van der Waals surface area contributed by atoms with Crippen molar-refractivity contribution in [3.8, 4) is 39.7 Å². The number of aromatic nitrogens is 1. The third-order valence-corrected chi connectivity index (χ3v) is 4.13. The summed E-state index contributed by atoms with van der Waals surface area (Å²) in [6.07, 6.45) is 1.63. The van der Waals surface area contributed by atoms with Gasteiger partial charge in [0.05, 0.1) is 26.1 Å². The number of ether oxygens (including phenoxy) is 3. The molecule has 0 spiro atoms. The van der Waals surface area contributed by atoms with Crippen LogP contribution >= 0.6 is 0 Å². The van der Waals surface area contributed by atoms with Gasteiger partial charge in [0.25, 0.3) is 5.91 Å². The van der Waals surface area contributed by atoms with Gasteiger partial charge in [-0.2, -0.15) is 0 Å². The molecule has 1 aromatic heterocycles. The number of carbonyl (C=O) groups is 1. The summed E-state index contributed by atoms with van der Waals surface area (Å²) in [5.41, 5.74) is 2.97. The van der Waals surface area contributed by atoms with Crippen molar-refractivity contribution < 1.29 is 23.5 Å². The van der Waals surface area contributed by atoms with E-state index < -0.39 is 0 Å². The Kier molecular flexibility index (Phi) is 3.96. The van der Waals surface area contributed by atoms with Gasteiger partial charge in [0, 0.05) is 11.1 Å². The minimum absolute atomic E-state index is 0.0347. The van der Waals surface area contributed by atoms with E-state index in [0.29, 0.717) is 22.9 Å². The van der Waals surface area contributed by atoms with E-state index in [4.69, 9.17) is 18.7 Å². The number of anilines is 1. The normalized spacial score (nSPS) is 12.8. The summed E-state index contributed by atoms with van der Waals surface area (Å²) in [6.45, 7) is -0.0347. The van der Waals surface area contributed by atoms with Gasteiger partial charge in [0.1, 0.15) is 5.75 Å². The topological polar surface area (TPSA) is 82.8 Å². The molecule has 0 radical (unpaired) electrons. The molecule has 132 valence electrons. The highest BCUT2D eigenvalue weighted by Crippen LogP contribution is 2.43. The molecule has 0 aliphatic carbocycles. The molecule has 0 atom stereocenters. The number of fused-ring (bicyclic) bond motifs is 1. The van der Waals surface area contributed by atoms with Crippen LogP contribution in [0.4, 0.5) is 5.69 Å². The Hall–Kier alpha value is -3.48. The summed E-state index contributed by atoms with van der Waals surface area (Å²) in [4.78, 5) is 11.7. The van der Waals surface area contributed by atoms with Crippen LogP contribution in [-0.4, -0.2) is 31.9 Å². The van der Waals surface area contributed by atoms with Gasteiger partial charge in [-0.25, -0.2) is 0 Å². The lowest BCUT2D eigenvalue weighted by atomic mass is 10.0. The highest BCUT2D eigenvalue weighted by molar-refractivity contribution is 5.97. The van der Waals surface area contributed by atoms with Crippen molar-refractivity contribution in [2.75, 3.05) is 26.1 Å². The Bertz CT molecular complexity index is 963. The fourth-order valence-corrected chi connectivity index (χ4v) is 2.87. The van der Waals surface area contributed by atoms with Crippen LogP contribution in [0.5, 0.6) is 17.2 Å². The molecule has 26 heavy (non-hydrogen) atoms. The van der Waals surface area contributed by atoms with E-state index in [1.165, 1.54) is 0 Å². The highest BCUT2D eigenvalue weighted by Gasteiger charge is 2.23. The molecule has 0 unspecified atom stereocenters. The number of hydrogen-bond donors (Lipinski definition) is 1. The minimum Gasteiger partial charge on any atom is -0.497 e. The second kappa shape index (κ2) is 6.44. The van der Waals surface area contributed by atoms with Crippen LogP contribution in [0.1, 0.15) is 0 Å². The highest BCUT2D eigenvalue weighted by atomic mass is 16.5. The molecule has 0 saturated heterocycles. The number of carbonyl (C=O) groups excluding carboxylic acids is 1. The van der Waals surface area contributed by atoms with E-state index in [0.717, 1.165) is 22.4 Å². The molecule has 4 rings (SSSR count). The molecule has 0 saturated carbocycles. The van der Waals surface area contributed by atoms with Crippen LogP contribution in [0.15, 0.2) is 47.1 Å². The Morgan fingerprint density at radius 2 is 1.88 bits per heavy atom. The molecule has 7 heteroatoms. The number of hydrogen-bond acceptors (Lipinski definition) is 6. The summed E-state index contributed by atoms with van der Waals surface area (Å²) in [5.74, 6) is 2.19. The van der Waals surface area contributed by atoms with Crippen molar-refractivity contribution in [3.05, 3.63) is 42.6 Å². The van der Waals surface area contributed by atoms with Gasteiger partial charge in [-0.15, -0.1) is 0 Å². The molecular formula is C19H16N2O5. The summed E-state index contributed by atoms with van der Waals surface area (Å²) in [7, 11) is 3.17. The van der Waals surface area contributed by atoms with E-state index >= 15 is 0 Å². The van der Waals surface area contributed by atoms with Crippen molar-refractivity contribution in [3.63, 3.8) is 0 Å². The second-order valence-electron chi connectivity index (χ2n) is 5.69. The average Bonchev–Trinajstić information content (AvgIpc) is 3.16. The van der Waals surface area contributed by atoms with Crippen molar-refractivity contribution in [1.82, 2.24) is 5.16 Å². The van der Waals surface area contributed by atoms with Gasteiger partial charge >= 0.3 is 0 Å². The fourth-order valence-electron chi connectivity index (χ4n) is 2.87. The van der Waals surface area contributed by atoms with E-state index in [1.807, 2.05) is 36.4 Å². The molecule has 3 aromatic rings. The van der Waals surface area contributed by atoms with Gasteiger partial charge in [-0.05, 0) is 42.0 Å². The molecule has 7 nitrogen and oxygen atoms in total. The Morgan fingerprint density at radius 1 is 1.08 bits per heavy atom. The van der Waals surface area contributed by atoms with E-state index in [2.05, 4.69) is 10.5 Å². The van der Waals surface area contributed by atoms with Gasteiger partial charge < -0.3 is 24.1 Å². The van der Waals surface area contributed by atoms with Crippen LogP contribution in [0.25, 0.3) is 22.5 Å². The maximum atomic E-state index is 11.7. The van der Waals surface area contributed by atoms with Crippen LogP contribution in [0, 0.1) is 0 Å². The van der Waals surface area contributed by atoms with Crippen molar-refractivity contribution in [2.45, 2.75) is 0 Å². The van der Waals surface area contributed by atoms with E-state index in [1.54, 1.807) is 20.4 Å². The molecule has 1 N–H and O–H groups in total. The minimum atomic E-state index is -0.211. The zero-order valence-corrected chi connectivity index (χ0v) is 14.2. The second-order valence-corrected chi connectivity index (χ2v) is 5.69. The summed E-state index contributed by atoms with van der Waals surface area (Å²) in [6, 6.07) is 11.1. The molecule has 0 bridgehead atoms. The summed E-state index contributed by atoms with van der Waals surface area (Å²) in [5, 5.41) is 6.73. The zero-order valence-electron chi connectivity index (χ0n) is 14.2. The Labute approximate surface area is 149 Å². The van der Waals surface area contributed by atoms with E-state index in [9.17, 15) is 4.79 Å². The number of nitrogens with one attached hydrogen (secondary N) is 1. The number of nitrogens with zero attached hydrogens (tertiary/aromatic N) is 1. The molecule has 0 fully saturated rings. The molecule has 2 aromatic carbocycles. The number of amides is 1. The first kappa shape index (κ1) is 16.0. The van der Waals surface area contributed by atoms with Crippen LogP contribution in [0.3, 0.4) is 0 Å². The third-order valence-electron chi connectivity index (χ3n) is 4.13. The van der Waals surface area contributed by atoms with Crippen LogP contribution < -0.4 is 19.5 Å². The fraction of sp³-hybridized carbons (Fsp3) is 0.158. The summed E-state index contributed by atoms with van der Waals surface area (Å²) < 4.78 is 21.6. The van der Waals surface area contributed by atoms with Gasteiger partial charge in [-0.1, -0.05) is 5.16 Å². The number of benzene rings is 2. The van der Waals surface area contributed by atoms with Crippen LogP contribution in [-0.2, 0) is 4.79 Å². The van der Waals surface area contributed by atoms with Gasteiger partial charge in [-0.3, -0.25) is 4.79 Å².